The van der Waals surface area contributed by atoms with Crippen LogP contribution in [0.4, 0.5) is 0 Å². The van der Waals surface area contributed by atoms with Gasteiger partial charge in [0, 0.05) is 23.2 Å². The van der Waals surface area contributed by atoms with Gasteiger partial charge in [0.25, 0.3) is 5.91 Å². The van der Waals surface area contributed by atoms with Gasteiger partial charge in [0.15, 0.2) is 0 Å². The van der Waals surface area contributed by atoms with Crippen molar-refractivity contribution in [2.45, 2.75) is 13.1 Å². The fraction of sp³-hybridized carbons (Fsp3) is 0.417. The predicted octanol–water partition coefficient (Wildman–Crippen LogP) is 0.959. The number of aliphatic hydroxyl groups excluding tert-OH is 1. The van der Waals surface area contributed by atoms with Crippen LogP contribution in [0.25, 0.3) is 0 Å². The summed E-state index contributed by atoms with van der Waals surface area (Å²) >= 11 is 2.21. The van der Waals surface area contributed by atoms with Gasteiger partial charge in [-0.15, -0.1) is 0 Å². The lowest BCUT2D eigenvalue weighted by Gasteiger charge is -2.16. The van der Waals surface area contributed by atoms with E-state index >= 15 is 0 Å². The van der Waals surface area contributed by atoms with Gasteiger partial charge in [-0.2, -0.15) is 0 Å². The van der Waals surface area contributed by atoms with Gasteiger partial charge in [-0.05, 0) is 46.8 Å². The van der Waals surface area contributed by atoms with Crippen LogP contribution in [0.2, 0.25) is 0 Å². The molecule has 0 saturated carbocycles. The number of hydrogen-bond donors (Lipinski definition) is 2. The van der Waals surface area contributed by atoms with Crippen molar-refractivity contribution in [1.29, 1.82) is 0 Å². The molecule has 4 nitrogen and oxygen atoms in total. The molecule has 1 aliphatic rings. The summed E-state index contributed by atoms with van der Waals surface area (Å²) in [5.41, 5.74) is 3.08. The fourth-order valence-electron chi connectivity index (χ4n) is 2.04. The zero-order chi connectivity index (χ0) is 12.4. The zero-order valence-electron chi connectivity index (χ0n) is 9.66. The minimum Gasteiger partial charge on any atom is -0.395 e. The Labute approximate surface area is 114 Å². The van der Waals surface area contributed by atoms with Crippen LogP contribution in [-0.4, -0.2) is 36.1 Å². The third-order valence-corrected chi connectivity index (χ3v) is 3.68. The number of amides is 1. The molecule has 0 fully saturated rings. The highest BCUT2D eigenvalue weighted by molar-refractivity contribution is 14.1. The Hall–Kier alpha value is -0.660. The van der Waals surface area contributed by atoms with Crippen LogP contribution in [0.15, 0.2) is 12.1 Å². The maximum atomic E-state index is 11.6. The number of carbonyl (C=O) groups is 1. The summed E-state index contributed by atoms with van der Waals surface area (Å²) in [5.74, 6) is 0.0275. The second kappa shape index (κ2) is 5.32. The van der Waals surface area contributed by atoms with E-state index in [1.807, 2.05) is 13.1 Å². The molecule has 2 rings (SSSR count). The number of aliphatic hydroxyl groups is 1. The monoisotopic (exact) mass is 346 g/mol. The molecule has 1 heterocycles. The molecule has 1 amide bonds. The van der Waals surface area contributed by atoms with E-state index in [0.717, 1.165) is 21.2 Å². The summed E-state index contributed by atoms with van der Waals surface area (Å²) in [6, 6.07) is 4.11. The molecule has 5 heteroatoms. The van der Waals surface area contributed by atoms with Crippen molar-refractivity contribution in [3.8, 4) is 0 Å². The van der Waals surface area contributed by atoms with E-state index in [1.54, 1.807) is 0 Å². The average molecular weight is 346 g/mol. The third-order valence-electron chi connectivity index (χ3n) is 2.83. The van der Waals surface area contributed by atoms with Crippen LogP contribution in [0.5, 0.6) is 0 Å². The summed E-state index contributed by atoms with van der Waals surface area (Å²) < 4.78 is 1.00. The number of nitrogens with zero attached hydrogens (tertiary/aromatic N) is 1. The van der Waals surface area contributed by atoms with Gasteiger partial charge in [0.2, 0.25) is 0 Å². The van der Waals surface area contributed by atoms with E-state index in [1.165, 1.54) is 5.56 Å². The Morgan fingerprint density at radius 3 is 3.00 bits per heavy atom. The molecule has 0 saturated heterocycles. The Morgan fingerprint density at radius 2 is 2.29 bits per heavy atom. The van der Waals surface area contributed by atoms with Crippen LogP contribution in [0.3, 0.4) is 0 Å². The maximum absolute atomic E-state index is 11.6. The molecule has 2 N–H and O–H groups in total. The quantitative estimate of drug-likeness (QED) is 0.799. The second-order valence-corrected chi connectivity index (χ2v) is 5.42. The van der Waals surface area contributed by atoms with Crippen LogP contribution in [0, 0.1) is 3.57 Å². The standard InChI is InChI=1S/C12H15IN2O2/c1-15(2-3-16)7-8-4-9-6-14-12(17)11(9)10(13)5-8/h4-5,16H,2-3,6-7H2,1H3,(H,14,17). The molecule has 17 heavy (non-hydrogen) atoms. The van der Waals surface area contributed by atoms with Crippen molar-refractivity contribution in [3.63, 3.8) is 0 Å². The van der Waals surface area contributed by atoms with Crippen LogP contribution < -0.4 is 5.32 Å². The molecule has 0 bridgehead atoms. The van der Waals surface area contributed by atoms with E-state index in [0.29, 0.717) is 13.1 Å². The first-order valence-electron chi connectivity index (χ1n) is 5.50. The molecule has 1 aromatic rings. The van der Waals surface area contributed by atoms with Crippen molar-refractivity contribution in [3.05, 3.63) is 32.4 Å². The first kappa shape index (κ1) is 12.8. The number of nitrogens with one attached hydrogen (secondary N) is 1. The number of carbonyl (C=O) groups excluding carboxylic acids is 1. The molecule has 0 aromatic heterocycles. The van der Waals surface area contributed by atoms with Crippen molar-refractivity contribution >= 4 is 28.5 Å². The van der Waals surface area contributed by atoms with Crippen molar-refractivity contribution in [1.82, 2.24) is 10.2 Å². The van der Waals surface area contributed by atoms with Gasteiger partial charge in [-0.3, -0.25) is 9.69 Å². The first-order valence-corrected chi connectivity index (χ1v) is 6.58. The molecule has 1 aromatic carbocycles. The van der Waals surface area contributed by atoms with Gasteiger partial charge in [0.1, 0.15) is 0 Å². The summed E-state index contributed by atoms with van der Waals surface area (Å²) in [6.07, 6.45) is 0. The Bertz CT molecular complexity index is 448. The number of likely N-dealkylation sites (N-methyl/N-ethyl adjacent to an activating group) is 1. The molecule has 0 spiro atoms. The summed E-state index contributed by atoms with van der Waals surface area (Å²) in [4.78, 5) is 13.6. The zero-order valence-corrected chi connectivity index (χ0v) is 11.8. The molecule has 0 atom stereocenters. The van der Waals surface area contributed by atoms with E-state index in [9.17, 15) is 4.79 Å². The van der Waals surface area contributed by atoms with Crippen LogP contribution >= 0.6 is 22.6 Å². The van der Waals surface area contributed by atoms with Gasteiger partial charge in [0.05, 0.1) is 12.2 Å². The average Bonchev–Trinajstić information content (AvgIpc) is 2.60. The van der Waals surface area contributed by atoms with Crippen molar-refractivity contribution in [2.75, 3.05) is 20.2 Å². The molecule has 0 radical (unpaired) electrons. The minimum absolute atomic E-state index is 0.0275. The topological polar surface area (TPSA) is 52.6 Å². The molecule has 0 aliphatic carbocycles. The highest BCUT2D eigenvalue weighted by Gasteiger charge is 2.22. The number of benzene rings is 1. The minimum atomic E-state index is 0.0275. The highest BCUT2D eigenvalue weighted by Crippen LogP contribution is 2.24. The molecular formula is C12H15IN2O2. The predicted molar refractivity (Wildman–Crippen MR) is 73.7 cm³/mol. The molecule has 1 aliphatic heterocycles. The molecule has 0 unspecified atom stereocenters. The summed E-state index contributed by atoms with van der Waals surface area (Å²) in [6.45, 7) is 2.24. The first-order chi connectivity index (χ1) is 8.11. The largest absolute Gasteiger partial charge is 0.395 e. The van der Waals surface area contributed by atoms with E-state index in [4.69, 9.17) is 5.11 Å². The number of rotatable bonds is 4. The summed E-state index contributed by atoms with van der Waals surface area (Å²) in [5, 5.41) is 11.7. The maximum Gasteiger partial charge on any atom is 0.252 e. The lowest BCUT2D eigenvalue weighted by molar-refractivity contribution is 0.0965. The van der Waals surface area contributed by atoms with Gasteiger partial charge in [-0.25, -0.2) is 0 Å². The van der Waals surface area contributed by atoms with Gasteiger partial charge >= 0.3 is 0 Å². The van der Waals surface area contributed by atoms with Crippen molar-refractivity contribution < 1.29 is 9.90 Å². The van der Waals surface area contributed by atoms with Gasteiger partial charge < -0.3 is 10.4 Å². The number of hydrogen-bond acceptors (Lipinski definition) is 3. The Kier molecular flexibility index (Phi) is 4.01. The molecular weight excluding hydrogens is 331 g/mol. The lowest BCUT2D eigenvalue weighted by atomic mass is 10.1. The SMILES string of the molecule is CN(CCO)Cc1cc(I)c2c(c1)CNC2=O. The smallest absolute Gasteiger partial charge is 0.252 e. The molecule has 92 valence electrons. The highest BCUT2D eigenvalue weighted by atomic mass is 127. The summed E-state index contributed by atoms with van der Waals surface area (Å²) in [7, 11) is 1.97. The lowest BCUT2D eigenvalue weighted by Crippen LogP contribution is -2.21. The van der Waals surface area contributed by atoms with E-state index in [2.05, 4.69) is 38.9 Å². The van der Waals surface area contributed by atoms with Crippen molar-refractivity contribution in [2.24, 2.45) is 0 Å². The fourth-order valence-corrected chi connectivity index (χ4v) is 3.03. The Balaban J connectivity index is 2.21. The van der Waals surface area contributed by atoms with Crippen LogP contribution in [-0.2, 0) is 13.1 Å². The number of fused-ring (bicyclic) bond motifs is 1. The third kappa shape index (κ3) is 2.78. The Morgan fingerprint density at radius 1 is 1.53 bits per heavy atom. The van der Waals surface area contributed by atoms with E-state index in [-0.39, 0.29) is 12.5 Å². The second-order valence-electron chi connectivity index (χ2n) is 4.26. The van der Waals surface area contributed by atoms with Gasteiger partial charge in [-0.1, -0.05) is 6.07 Å². The number of halogens is 1. The normalized spacial score (nSPS) is 14.0. The van der Waals surface area contributed by atoms with E-state index < -0.39 is 0 Å². The van der Waals surface area contributed by atoms with Crippen LogP contribution in [0.1, 0.15) is 21.5 Å².